The second kappa shape index (κ2) is 15.2. The highest BCUT2D eigenvalue weighted by molar-refractivity contribution is 6.36. The number of rotatable bonds is 10. The van der Waals surface area contributed by atoms with Crippen LogP contribution in [-0.2, 0) is 25.5 Å². The number of ether oxygens (including phenoxy) is 2. The number of halogens is 1. The molecule has 3 aromatic rings. The SMILES string of the molecule is C=C/C=C(/C(=O)Nc1cccc(-c2cccc(-c3cc4c(c(OC)n3)C(N3CCC(C(=O)OCC)CC3)CC4)c2Cl)c1C)C(=O)N(C)C. The zero-order chi connectivity index (χ0) is 34.5. The summed E-state index contributed by atoms with van der Waals surface area (Å²) < 4.78 is 11.2. The van der Waals surface area contributed by atoms with Gasteiger partial charge in [-0.3, -0.25) is 19.3 Å². The van der Waals surface area contributed by atoms with Crippen LogP contribution in [0.4, 0.5) is 5.69 Å². The summed E-state index contributed by atoms with van der Waals surface area (Å²) in [6.45, 7) is 9.45. The van der Waals surface area contributed by atoms with Crippen molar-refractivity contribution in [2.75, 3.05) is 46.2 Å². The maximum absolute atomic E-state index is 13.2. The number of nitrogens with zero attached hydrogens (tertiary/aromatic N) is 3. The second-order valence-electron chi connectivity index (χ2n) is 12.3. The predicted molar refractivity (Wildman–Crippen MR) is 189 cm³/mol. The summed E-state index contributed by atoms with van der Waals surface area (Å²) >= 11 is 7.15. The number of piperidine rings is 1. The van der Waals surface area contributed by atoms with E-state index < -0.39 is 11.8 Å². The van der Waals surface area contributed by atoms with E-state index in [0.29, 0.717) is 23.2 Å². The Morgan fingerprint density at radius 1 is 1.08 bits per heavy atom. The Bertz CT molecular complexity index is 1760. The number of hydrogen-bond donors (Lipinski definition) is 1. The number of aryl methyl sites for hydroxylation is 1. The molecule has 0 radical (unpaired) electrons. The molecule has 1 atom stereocenters. The van der Waals surface area contributed by atoms with Crippen LogP contribution in [0.3, 0.4) is 0 Å². The summed E-state index contributed by atoms with van der Waals surface area (Å²) in [5.74, 6) is -0.484. The van der Waals surface area contributed by atoms with Crippen molar-refractivity contribution in [2.24, 2.45) is 5.92 Å². The number of methoxy groups -OCH3 is 1. The average Bonchev–Trinajstić information content (AvgIpc) is 3.52. The van der Waals surface area contributed by atoms with Gasteiger partial charge in [0.25, 0.3) is 11.8 Å². The lowest BCUT2D eigenvalue weighted by Gasteiger charge is -2.35. The lowest BCUT2D eigenvalue weighted by Crippen LogP contribution is -2.38. The number of likely N-dealkylation sites (tertiary alicyclic amines) is 1. The first kappa shape index (κ1) is 34.9. The van der Waals surface area contributed by atoms with E-state index >= 15 is 0 Å². The van der Waals surface area contributed by atoms with E-state index in [0.717, 1.165) is 72.3 Å². The zero-order valence-corrected chi connectivity index (χ0v) is 29.0. The molecule has 2 aromatic carbocycles. The average molecular weight is 671 g/mol. The Labute approximate surface area is 287 Å². The van der Waals surface area contributed by atoms with Crippen LogP contribution in [0.2, 0.25) is 5.02 Å². The van der Waals surface area contributed by atoms with Gasteiger partial charge >= 0.3 is 5.97 Å². The maximum atomic E-state index is 13.2. The Balaban J connectivity index is 1.42. The van der Waals surface area contributed by atoms with Crippen LogP contribution in [0.1, 0.15) is 48.9 Å². The molecule has 1 aliphatic carbocycles. The van der Waals surface area contributed by atoms with Crippen LogP contribution in [0.25, 0.3) is 22.4 Å². The standard InChI is InChI=1S/C38H43ClN4O5/c1-7-11-29(37(45)42(4)5)35(44)40-30-15-10-12-26(23(30)3)27-13-9-14-28(34(27)39)31-22-25-16-17-32(33(25)36(41-31)47-6)43-20-18-24(19-21-43)38(46)48-8-2/h7,9-15,22,24,32H,1,8,16-21H2,2-6H3,(H,40,44)/b29-11-. The first-order chi connectivity index (χ1) is 23.1. The van der Waals surface area contributed by atoms with Crippen molar-refractivity contribution in [1.29, 1.82) is 0 Å². The number of allylic oxidation sites excluding steroid dienone is 2. The fraction of sp³-hybridized carbons (Fsp3) is 0.368. The van der Waals surface area contributed by atoms with Gasteiger partial charge in [0.05, 0.1) is 30.4 Å². The molecule has 1 saturated heterocycles. The third-order valence-electron chi connectivity index (χ3n) is 9.23. The highest BCUT2D eigenvalue weighted by Gasteiger charge is 2.36. The fourth-order valence-electron chi connectivity index (χ4n) is 6.74. The highest BCUT2D eigenvalue weighted by Crippen LogP contribution is 2.45. The van der Waals surface area contributed by atoms with Gasteiger partial charge in [-0.1, -0.05) is 54.6 Å². The van der Waals surface area contributed by atoms with Crippen LogP contribution in [0.5, 0.6) is 5.88 Å². The summed E-state index contributed by atoms with van der Waals surface area (Å²) in [6, 6.07) is 13.7. The number of pyridine rings is 1. The van der Waals surface area contributed by atoms with Crippen molar-refractivity contribution < 1.29 is 23.9 Å². The molecular formula is C38H43ClN4O5. The Hall–Kier alpha value is -4.47. The first-order valence-electron chi connectivity index (χ1n) is 16.3. The molecule has 252 valence electrons. The number of hydrogen-bond acceptors (Lipinski definition) is 7. The summed E-state index contributed by atoms with van der Waals surface area (Å²) in [4.78, 5) is 46.8. The number of nitrogens with one attached hydrogen (secondary N) is 1. The van der Waals surface area contributed by atoms with Gasteiger partial charge in [-0.25, -0.2) is 4.98 Å². The first-order valence-corrected chi connectivity index (χ1v) is 16.7. The van der Waals surface area contributed by atoms with Gasteiger partial charge in [0.2, 0.25) is 5.88 Å². The normalized spacial score (nSPS) is 16.6. The van der Waals surface area contributed by atoms with Gasteiger partial charge in [-0.15, -0.1) is 0 Å². The van der Waals surface area contributed by atoms with Crippen molar-refractivity contribution in [3.63, 3.8) is 0 Å². The monoisotopic (exact) mass is 670 g/mol. The minimum Gasteiger partial charge on any atom is -0.481 e. The van der Waals surface area contributed by atoms with Crippen LogP contribution in [-0.4, -0.2) is 73.5 Å². The number of esters is 1. The molecule has 0 saturated carbocycles. The molecule has 1 unspecified atom stereocenters. The van der Waals surface area contributed by atoms with E-state index in [1.54, 1.807) is 27.3 Å². The van der Waals surface area contributed by atoms with E-state index in [4.69, 9.17) is 26.1 Å². The number of carbonyl (C=O) groups excluding carboxylic acids is 3. The largest absolute Gasteiger partial charge is 0.481 e. The third-order valence-corrected chi connectivity index (χ3v) is 9.63. The second-order valence-corrected chi connectivity index (χ2v) is 12.7. The van der Waals surface area contributed by atoms with Gasteiger partial charge in [-0.05, 0) is 87.5 Å². The van der Waals surface area contributed by atoms with Gasteiger partial charge in [0, 0.05) is 42.5 Å². The summed E-state index contributed by atoms with van der Waals surface area (Å²) in [7, 11) is 4.84. The summed E-state index contributed by atoms with van der Waals surface area (Å²) in [5, 5.41) is 3.43. The fourth-order valence-corrected chi connectivity index (χ4v) is 7.07. The van der Waals surface area contributed by atoms with Crippen molar-refractivity contribution in [1.82, 2.24) is 14.8 Å². The van der Waals surface area contributed by atoms with Gasteiger partial charge in [0.1, 0.15) is 5.57 Å². The van der Waals surface area contributed by atoms with Crippen LogP contribution >= 0.6 is 11.6 Å². The number of amides is 2. The number of benzene rings is 2. The van der Waals surface area contributed by atoms with Gasteiger partial charge < -0.3 is 19.7 Å². The smallest absolute Gasteiger partial charge is 0.309 e. The van der Waals surface area contributed by atoms with E-state index in [-0.39, 0.29) is 23.5 Å². The van der Waals surface area contributed by atoms with Crippen LogP contribution < -0.4 is 10.1 Å². The minimum atomic E-state index is -0.523. The predicted octanol–water partition coefficient (Wildman–Crippen LogP) is 6.79. The molecule has 9 nitrogen and oxygen atoms in total. The molecule has 1 N–H and O–H groups in total. The van der Waals surface area contributed by atoms with Crippen LogP contribution in [0.15, 0.2) is 66.8 Å². The number of fused-ring (bicyclic) bond motifs is 1. The zero-order valence-electron chi connectivity index (χ0n) is 28.3. The summed E-state index contributed by atoms with van der Waals surface area (Å²) in [6.07, 6.45) is 6.24. The van der Waals surface area contributed by atoms with Crippen molar-refractivity contribution in [2.45, 2.75) is 45.6 Å². The molecular weight excluding hydrogens is 628 g/mol. The number of aromatic nitrogens is 1. The summed E-state index contributed by atoms with van der Waals surface area (Å²) in [5.41, 5.74) is 6.78. The lowest BCUT2D eigenvalue weighted by molar-refractivity contribution is -0.149. The number of carbonyl (C=O) groups is 3. The molecule has 2 amide bonds. The van der Waals surface area contributed by atoms with Crippen molar-refractivity contribution in [3.8, 4) is 28.3 Å². The Kier molecular flexibility index (Phi) is 11.0. The molecule has 0 spiro atoms. The quantitative estimate of drug-likeness (QED) is 0.0834. The molecule has 1 fully saturated rings. The Morgan fingerprint density at radius 3 is 2.44 bits per heavy atom. The minimum absolute atomic E-state index is 0.0140. The lowest BCUT2D eigenvalue weighted by atomic mass is 9.94. The molecule has 0 bridgehead atoms. The van der Waals surface area contributed by atoms with E-state index in [9.17, 15) is 14.4 Å². The maximum Gasteiger partial charge on any atom is 0.309 e. The van der Waals surface area contributed by atoms with E-state index in [2.05, 4.69) is 22.9 Å². The van der Waals surface area contributed by atoms with Crippen molar-refractivity contribution >= 4 is 35.1 Å². The van der Waals surface area contributed by atoms with E-state index in [1.807, 2.05) is 44.2 Å². The highest BCUT2D eigenvalue weighted by atomic mass is 35.5. The molecule has 1 aromatic heterocycles. The Morgan fingerprint density at radius 2 is 1.77 bits per heavy atom. The van der Waals surface area contributed by atoms with Gasteiger partial charge in [0.15, 0.2) is 0 Å². The topological polar surface area (TPSA) is 101 Å². The number of likely N-dealkylation sites (N-methyl/N-ethyl adjacent to an activating group) is 1. The molecule has 48 heavy (non-hydrogen) atoms. The molecule has 1 aliphatic heterocycles. The molecule has 10 heteroatoms. The van der Waals surface area contributed by atoms with Crippen molar-refractivity contribution in [3.05, 3.63) is 88.5 Å². The molecule has 2 heterocycles. The van der Waals surface area contributed by atoms with Gasteiger partial charge in [-0.2, -0.15) is 0 Å². The molecule has 5 rings (SSSR count). The number of anilines is 1. The van der Waals surface area contributed by atoms with Crippen LogP contribution in [0, 0.1) is 12.8 Å². The third kappa shape index (κ3) is 7.03. The molecule has 2 aliphatic rings. The van der Waals surface area contributed by atoms with E-state index in [1.165, 1.54) is 22.6 Å².